The number of nitrogens with zero attached hydrogens (tertiary/aromatic N) is 2. The van der Waals surface area contributed by atoms with Crippen molar-refractivity contribution in [1.29, 1.82) is 0 Å². The van der Waals surface area contributed by atoms with E-state index in [1.54, 1.807) is 0 Å². The monoisotopic (exact) mass is 234 g/mol. The summed E-state index contributed by atoms with van der Waals surface area (Å²) in [5.74, 6) is 0.600. The van der Waals surface area contributed by atoms with Crippen molar-refractivity contribution in [1.82, 2.24) is 9.78 Å². The molecule has 84 valence electrons. The van der Waals surface area contributed by atoms with E-state index in [0.717, 1.165) is 24.2 Å². The van der Waals surface area contributed by atoms with Gasteiger partial charge in [0.15, 0.2) is 0 Å². The molecule has 1 heterocycles. The van der Waals surface area contributed by atoms with Crippen LogP contribution in [0.5, 0.6) is 0 Å². The lowest BCUT2D eigenvalue weighted by atomic mass is 10.1. The van der Waals surface area contributed by atoms with Gasteiger partial charge in [-0.25, -0.2) is 0 Å². The molecule has 2 rings (SSSR count). The molecule has 0 atom stereocenters. The summed E-state index contributed by atoms with van der Waals surface area (Å²) < 4.78 is 2.00. The second kappa shape index (κ2) is 5.17. The topological polar surface area (TPSA) is 17.8 Å². The fourth-order valence-electron chi connectivity index (χ4n) is 1.76. The fraction of sp³-hybridized carbons (Fsp3) is 0.308. The van der Waals surface area contributed by atoms with Crippen LogP contribution in [-0.2, 0) is 13.0 Å². The second-order valence-electron chi connectivity index (χ2n) is 3.65. The van der Waals surface area contributed by atoms with E-state index >= 15 is 0 Å². The zero-order valence-corrected chi connectivity index (χ0v) is 10.1. The molecule has 0 N–H and O–H groups in total. The Morgan fingerprint density at radius 1 is 1.25 bits per heavy atom. The van der Waals surface area contributed by atoms with Crippen LogP contribution in [0, 0.1) is 0 Å². The average molecular weight is 235 g/mol. The van der Waals surface area contributed by atoms with Crippen LogP contribution in [-0.4, -0.2) is 15.7 Å². The average Bonchev–Trinajstić information content (AvgIpc) is 2.74. The van der Waals surface area contributed by atoms with Gasteiger partial charge in [0.1, 0.15) is 0 Å². The summed E-state index contributed by atoms with van der Waals surface area (Å²) in [7, 11) is 0. The van der Waals surface area contributed by atoms with Gasteiger partial charge < -0.3 is 0 Å². The highest BCUT2D eigenvalue weighted by molar-refractivity contribution is 6.17. The molecular weight excluding hydrogens is 220 g/mol. The van der Waals surface area contributed by atoms with Gasteiger partial charge in [0.2, 0.25) is 0 Å². The Bertz CT molecular complexity index is 448. The number of benzene rings is 1. The quantitative estimate of drug-likeness (QED) is 0.742. The summed E-state index contributed by atoms with van der Waals surface area (Å²) in [5, 5.41) is 4.57. The van der Waals surface area contributed by atoms with E-state index in [1.165, 1.54) is 5.69 Å². The maximum atomic E-state index is 5.76. The van der Waals surface area contributed by atoms with Crippen molar-refractivity contribution < 1.29 is 0 Å². The van der Waals surface area contributed by atoms with Gasteiger partial charge in [-0.1, -0.05) is 37.3 Å². The molecule has 0 saturated heterocycles. The third-order valence-corrected chi connectivity index (χ3v) is 2.76. The van der Waals surface area contributed by atoms with E-state index in [9.17, 15) is 0 Å². The lowest BCUT2D eigenvalue weighted by Gasteiger charge is -2.01. The summed E-state index contributed by atoms with van der Waals surface area (Å²) in [6.45, 7) is 2.91. The van der Waals surface area contributed by atoms with Crippen molar-refractivity contribution in [3.8, 4) is 11.3 Å². The smallest absolute Gasteiger partial charge is 0.0926 e. The molecule has 0 aliphatic rings. The molecule has 0 saturated carbocycles. The molecule has 0 amide bonds. The first-order chi connectivity index (χ1) is 7.85. The molecule has 0 unspecified atom stereocenters. The van der Waals surface area contributed by atoms with Crippen molar-refractivity contribution >= 4 is 11.6 Å². The Balaban J connectivity index is 2.36. The third kappa shape index (κ3) is 2.27. The normalized spacial score (nSPS) is 10.6. The molecule has 0 bridgehead atoms. The number of aromatic nitrogens is 2. The number of halogens is 1. The minimum absolute atomic E-state index is 0.600. The lowest BCUT2D eigenvalue weighted by molar-refractivity contribution is 0.631. The van der Waals surface area contributed by atoms with Crippen LogP contribution < -0.4 is 0 Å². The Hall–Kier alpha value is -1.28. The third-order valence-electron chi connectivity index (χ3n) is 2.59. The van der Waals surface area contributed by atoms with E-state index in [2.05, 4.69) is 30.2 Å². The van der Waals surface area contributed by atoms with Gasteiger partial charge >= 0.3 is 0 Å². The van der Waals surface area contributed by atoms with Crippen LogP contribution in [0.3, 0.4) is 0 Å². The Labute approximate surface area is 101 Å². The minimum Gasteiger partial charge on any atom is -0.268 e. The summed E-state index contributed by atoms with van der Waals surface area (Å²) >= 11 is 5.76. The number of hydrogen-bond donors (Lipinski definition) is 0. The van der Waals surface area contributed by atoms with Gasteiger partial charge in [-0.2, -0.15) is 5.10 Å². The largest absolute Gasteiger partial charge is 0.268 e. The van der Waals surface area contributed by atoms with Crippen LogP contribution in [0.25, 0.3) is 11.3 Å². The van der Waals surface area contributed by atoms with Crippen molar-refractivity contribution in [2.24, 2.45) is 0 Å². The van der Waals surface area contributed by atoms with Crippen LogP contribution >= 0.6 is 11.6 Å². The van der Waals surface area contributed by atoms with Gasteiger partial charge in [0.05, 0.1) is 12.2 Å². The zero-order chi connectivity index (χ0) is 11.4. The first kappa shape index (κ1) is 11.2. The van der Waals surface area contributed by atoms with Crippen LogP contribution in [0.1, 0.15) is 12.6 Å². The molecule has 1 aromatic heterocycles. The minimum atomic E-state index is 0.600. The van der Waals surface area contributed by atoms with Crippen molar-refractivity contribution in [3.05, 3.63) is 42.1 Å². The molecule has 0 spiro atoms. The van der Waals surface area contributed by atoms with E-state index in [4.69, 9.17) is 11.6 Å². The van der Waals surface area contributed by atoms with E-state index in [1.807, 2.05) is 22.9 Å². The highest BCUT2D eigenvalue weighted by atomic mass is 35.5. The molecule has 2 nitrogen and oxygen atoms in total. The fourth-order valence-corrected chi connectivity index (χ4v) is 1.92. The molecular formula is C13H15ClN2. The number of hydrogen-bond acceptors (Lipinski definition) is 1. The second-order valence-corrected chi connectivity index (χ2v) is 4.03. The molecule has 0 aliphatic heterocycles. The SMILES string of the molecule is CCc1cc(-c2ccccc2)nn1CCCl. The summed E-state index contributed by atoms with van der Waals surface area (Å²) in [6.07, 6.45) is 0.983. The first-order valence-corrected chi connectivity index (χ1v) is 6.06. The Morgan fingerprint density at radius 3 is 2.62 bits per heavy atom. The lowest BCUT2D eigenvalue weighted by Crippen LogP contribution is -2.05. The van der Waals surface area contributed by atoms with E-state index < -0.39 is 0 Å². The number of alkyl halides is 1. The van der Waals surface area contributed by atoms with E-state index in [0.29, 0.717) is 5.88 Å². The zero-order valence-electron chi connectivity index (χ0n) is 9.36. The molecule has 0 aliphatic carbocycles. The van der Waals surface area contributed by atoms with Crippen molar-refractivity contribution in [2.75, 3.05) is 5.88 Å². The van der Waals surface area contributed by atoms with Gasteiger partial charge in [-0.05, 0) is 12.5 Å². The molecule has 16 heavy (non-hydrogen) atoms. The standard InChI is InChI=1S/C13H15ClN2/c1-2-12-10-13(15-16(12)9-8-14)11-6-4-3-5-7-11/h3-7,10H,2,8-9H2,1H3. The summed E-state index contributed by atoms with van der Waals surface area (Å²) in [4.78, 5) is 0. The van der Waals surface area contributed by atoms with Crippen LogP contribution in [0.15, 0.2) is 36.4 Å². The first-order valence-electron chi connectivity index (χ1n) is 5.53. The maximum Gasteiger partial charge on any atom is 0.0926 e. The molecule has 0 radical (unpaired) electrons. The Morgan fingerprint density at radius 2 is 2.00 bits per heavy atom. The number of rotatable bonds is 4. The molecule has 1 aromatic carbocycles. The molecule has 3 heteroatoms. The van der Waals surface area contributed by atoms with Gasteiger partial charge in [-0.3, -0.25) is 4.68 Å². The predicted octanol–water partition coefficient (Wildman–Crippen LogP) is 3.35. The summed E-state index contributed by atoms with van der Waals surface area (Å²) in [5.41, 5.74) is 3.42. The van der Waals surface area contributed by atoms with Gasteiger partial charge in [-0.15, -0.1) is 11.6 Å². The molecule has 0 fully saturated rings. The van der Waals surface area contributed by atoms with Crippen molar-refractivity contribution in [2.45, 2.75) is 19.9 Å². The highest BCUT2D eigenvalue weighted by Gasteiger charge is 2.07. The highest BCUT2D eigenvalue weighted by Crippen LogP contribution is 2.19. The molecule has 2 aromatic rings. The number of aryl methyl sites for hydroxylation is 2. The predicted molar refractivity (Wildman–Crippen MR) is 67.8 cm³/mol. The Kier molecular flexibility index (Phi) is 3.62. The van der Waals surface area contributed by atoms with Crippen molar-refractivity contribution in [3.63, 3.8) is 0 Å². The maximum absolute atomic E-state index is 5.76. The van der Waals surface area contributed by atoms with E-state index in [-0.39, 0.29) is 0 Å². The van der Waals surface area contributed by atoms with Crippen LogP contribution in [0.2, 0.25) is 0 Å². The van der Waals surface area contributed by atoms with Crippen LogP contribution in [0.4, 0.5) is 0 Å². The van der Waals surface area contributed by atoms with Gasteiger partial charge in [0, 0.05) is 17.1 Å². The summed E-state index contributed by atoms with van der Waals surface area (Å²) in [6, 6.07) is 12.4. The van der Waals surface area contributed by atoms with Gasteiger partial charge in [0.25, 0.3) is 0 Å².